The van der Waals surface area contributed by atoms with Crippen LogP contribution in [0.25, 0.3) is 0 Å². The molecule has 26 heavy (non-hydrogen) atoms. The molecule has 3 rings (SSSR count). The van der Waals surface area contributed by atoms with Gasteiger partial charge in [-0.3, -0.25) is 9.59 Å². The quantitative estimate of drug-likeness (QED) is 0.851. The SMILES string of the molecule is CC(CCc1ccccc1)NC(=O)C1CSCN1C(=O)c1ccccc1. The molecule has 2 aromatic rings. The molecule has 0 radical (unpaired) electrons. The maximum absolute atomic E-state index is 12.7. The average Bonchev–Trinajstić information content (AvgIpc) is 3.17. The van der Waals surface area contributed by atoms with Crippen LogP contribution in [0.2, 0.25) is 0 Å². The first-order valence-electron chi connectivity index (χ1n) is 8.93. The van der Waals surface area contributed by atoms with Crippen LogP contribution in [-0.2, 0) is 11.2 Å². The number of hydrogen-bond acceptors (Lipinski definition) is 3. The minimum atomic E-state index is -0.396. The zero-order chi connectivity index (χ0) is 18.4. The van der Waals surface area contributed by atoms with Crippen molar-refractivity contribution in [2.45, 2.75) is 31.8 Å². The highest BCUT2D eigenvalue weighted by atomic mass is 32.2. The molecule has 1 N–H and O–H groups in total. The number of amides is 2. The Hall–Kier alpha value is -2.27. The van der Waals surface area contributed by atoms with Gasteiger partial charge in [0, 0.05) is 17.4 Å². The van der Waals surface area contributed by atoms with Gasteiger partial charge in [0.25, 0.3) is 5.91 Å². The summed E-state index contributed by atoms with van der Waals surface area (Å²) in [7, 11) is 0. The van der Waals surface area contributed by atoms with Crippen LogP contribution in [0.3, 0.4) is 0 Å². The van der Waals surface area contributed by atoms with Gasteiger partial charge in [-0.2, -0.15) is 0 Å². The first kappa shape index (κ1) is 18.5. The molecule has 4 nitrogen and oxygen atoms in total. The number of hydrogen-bond donors (Lipinski definition) is 1. The van der Waals surface area contributed by atoms with Crippen LogP contribution in [-0.4, -0.2) is 40.4 Å². The van der Waals surface area contributed by atoms with Gasteiger partial charge in [-0.25, -0.2) is 0 Å². The van der Waals surface area contributed by atoms with E-state index < -0.39 is 6.04 Å². The summed E-state index contributed by atoms with van der Waals surface area (Å²) in [4.78, 5) is 27.1. The Morgan fingerprint density at radius 2 is 1.77 bits per heavy atom. The predicted octanol–water partition coefficient (Wildman–Crippen LogP) is 3.34. The fraction of sp³-hybridized carbons (Fsp3) is 0.333. The van der Waals surface area contributed by atoms with Crippen molar-refractivity contribution >= 4 is 23.6 Å². The lowest BCUT2D eigenvalue weighted by atomic mass is 10.1. The molecule has 0 bridgehead atoms. The molecule has 2 unspecified atom stereocenters. The molecule has 1 aliphatic rings. The van der Waals surface area contributed by atoms with Crippen molar-refractivity contribution in [1.82, 2.24) is 10.2 Å². The number of nitrogens with zero attached hydrogens (tertiary/aromatic N) is 1. The van der Waals surface area contributed by atoms with Crippen LogP contribution in [0, 0.1) is 0 Å². The highest BCUT2D eigenvalue weighted by Gasteiger charge is 2.35. The summed E-state index contributed by atoms with van der Waals surface area (Å²) in [5, 5.41) is 3.08. The topological polar surface area (TPSA) is 49.4 Å². The number of aryl methyl sites for hydroxylation is 1. The molecule has 2 aromatic carbocycles. The third kappa shape index (κ3) is 4.67. The normalized spacial score (nSPS) is 17.7. The van der Waals surface area contributed by atoms with Gasteiger partial charge in [0.15, 0.2) is 0 Å². The summed E-state index contributed by atoms with van der Waals surface area (Å²) in [5.74, 6) is 1.08. The Bertz CT molecular complexity index is 736. The van der Waals surface area contributed by atoms with E-state index in [-0.39, 0.29) is 17.9 Å². The second kappa shape index (κ2) is 8.90. The molecule has 1 aliphatic heterocycles. The van der Waals surface area contributed by atoms with Gasteiger partial charge in [0.05, 0.1) is 5.88 Å². The number of nitrogens with one attached hydrogen (secondary N) is 1. The zero-order valence-electron chi connectivity index (χ0n) is 14.9. The number of carbonyl (C=O) groups is 2. The van der Waals surface area contributed by atoms with E-state index in [2.05, 4.69) is 17.4 Å². The minimum absolute atomic E-state index is 0.0557. The Labute approximate surface area is 159 Å². The first-order valence-corrected chi connectivity index (χ1v) is 10.1. The highest BCUT2D eigenvalue weighted by Crippen LogP contribution is 2.23. The predicted molar refractivity (Wildman–Crippen MR) is 106 cm³/mol. The number of rotatable bonds is 6. The highest BCUT2D eigenvalue weighted by molar-refractivity contribution is 7.99. The molecule has 5 heteroatoms. The summed E-state index contributed by atoms with van der Waals surface area (Å²) < 4.78 is 0. The summed E-state index contributed by atoms with van der Waals surface area (Å²) >= 11 is 1.62. The van der Waals surface area contributed by atoms with Crippen molar-refractivity contribution in [1.29, 1.82) is 0 Å². The van der Waals surface area contributed by atoms with Crippen molar-refractivity contribution in [2.24, 2.45) is 0 Å². The van der Waals surface area contributed by atoms with E-state index >= 15 is 0 Å². The van der Waals surface area contributed by atoms with E-state index in [9.17, 15) is 9.59 Å². The minimum Gasteiger partial charge on any atom is -0.352 e. The Morgan fingerprint density at radius 3 is 2.46 bits per heavy atom. The molecule has 0 aliphatic carbocycles. The zero-order valence-corrected chi connectivity index (χ0v) is 15.7. The molecule has 0 saturated carbocycles. The first-order chi connectivity index (χ1) is 12.6. The van der Waals surface area contributed by atoms with Crippen LogP contribution in [0.4, 0.5) is 0 Å². The van der Waals surface area contributed by atoms with Gasteiger partial charge >= 0.3 is 0 Å². The van der Waals surface area contributed by atoms with Gasteiger partial charge in [0.2, 0.25) is 5.91 Å². The third-order valence-electron chi connectivity index (χ3n) is 4.56. The fourth-order valence-corrected chi connectivity index (χ4v) is 4.20. The summed E-state index contributed by atoms with van der Waals surface area (Å²) in [6.07, 6.45) is 1.80. The maximum atomic E-state index is 12.7. The van der Waals surface area contributed by atoms with Crippen LogP contribution in [0.15, 0.2) is 60.7 Å². The lowest BCUT2D eigenvalue weighted by molar-refractivity contribution is -0.125. The largest absolute Gasteiger partial charge is 0.352 e. The van der Waals surface area contributed by atoms with E-state index in [1.807, 2.05) is 43.3 Å². The van der Waals surface area contributed by atoms with E-state index in [4.69, 9.17) is 0 Å². The molecule has 0 spiro atoms. The summed E-state index contributed by atoms with van der Waals surface area (Å²) in [5.41, 5.74) is 1.90. The third-order valence-corrected chi connectivity index (χ3v) is 5.58. The Kier molecular flexibility index (Phi) is 6.34. The maximum Gasteiger partial charge on any atom is 0.255 e. The lowest BCUT2D eigenvalue weighted by Gasteiger charge is -2.25. The van der Waals surface area contributed by atoms with Gasteiger partial charge in [-0.05, 0) is 37.5 Å². The van der Waals surface area contributed by atoms with Crippen molar-refractivity contribution in [2.75, 3.05) is 11.6 Å². The van der Waals surface area contributed by atoms with Crippen molar-refractivity contribution in [3.8, 4) is 0 Å². The number of thioether (sulfide) groups is 1. The molecule has 1 heterocycles. The molecular weight excluding hydrogens is 344 g/mol. The average molecular weight is 369 g/mol. The van der Waals surface area contributed by atoms with E-state index in [1.54, 1.807) is 28.8 Å². The van der Waals surface area contributed by atoms with Crippen LogP contribution in [0.5, 0.6) is 0 Å². The molecule has 2 atom stereocenters. The van der Waals surface area contributed by atoms with Gasteiger partial charge in [0.1, 0.15) is 6.04 Å². The van der Waals surface area contributed by atoms with E-state index in [0.29, 0.717) is 17.2 Å². The Morgan fingerprint density at radius 1 is 1.12 bits per heavy atom. The van der Waals surface area contributed by atoms with E-state index in [0.717, 1.165) is 12.8 Å². The molecular formula is C21H24N2O2S. The van der Waals surface area contributed by atoms with Crippen LogP contribution < -0.4 is 5.32 Å². The smallest absolute Gasteiger partial charge is 0.255 e. The van der Waals surface area contributed by atoms with Gasteiger partial charge < -0.3 is 10.2 Å². The molecule has 1 fully saturated rings. The second-order valence-corrected chi connectivity index (χ2v) is 7.59. The van der Waals surface area contributed by atoms with Gasteiger partial charge in [-0.15, -0.1) is 11.8 Å². The number of benzene rings is 2. The van der Waals surface area contributed by atoms with Crippen LogP contribution >= 0.6 is 11.8 Å². The molecule has 136 valence electrons. The van der Waals surface area contributed by atoms with Crippen molar-refractivity contribution in [3.05, 3.63) is 71.8 Å². The van der Waals surface area contributed by atoms with Crippen molar-refractivity contribution < 1.29 is 9.59 Å². The van der Waals surface area contributed by atoms with Gasteiger partial charge in [-0.1, -0.05) is 48.5 Å². The Balaban J connectivity index is 1.55. The second-order valence-electron chi connectivity index (χ2n) is 6.59. The monoisotopic (exact) mass is 368 g/mol. The molecule has 2 amide bonds. The lowest BCUT2D eigenvalue weighted by Crippen LogP contribution is -2.49. The van der Waals surface area contributed by atoms with Crippen LogP contribution in [0.1, 0.15) is 29.3 Å². The van der Waals surface area contributed by atoms with Crippen molar-refractivity contribution in [3.63, 3.8) is 0 Å². The fourth-order valence-electron chi connectivity index (χ4n) is 3.05. The number of carbonyl (C=O) groups excluding carboxylic acids is 2. The standard InChI is InChI=1S/C21H24N2O2S/c1-16(12-13-17-8-4-2-5-9-17)22-20(24)19-14-26-15-23(19)21(25)18-10-6-3-7-11-18/h2-11,16,19H,12-15H2,1H3,(H,22,24). The summed E-state index contributed by atoms with van der Waals surface area (Å²) in [6, 6.07) is 19.1. The van der Waals surface area contributed by atoms with E-state index in [1.165, 1.54) is 5.56 Å². The summed E-state index contributed by atoms with van der Waals surface area (Å²) in [6.45, 7) is 2.02. The molecule has 1 saturated heterocycles. The molecule has 0 aromatic heterocycles.